The molecule has 2 aromatic carbocycles. The minimum absolute atomic E-state index is 0.678. The highest BCUT2D eigenvalue weighted by Gasteiger charge is 2.10. The van der Waals surface area contributed by atoms with Crippen LogP contribution in [0, 0.1) is 0 Å². The SMILES string of the molecule is Clc1ccc(-c2nc(-c3ccccc3)n[nH]2)c(Br)c1. The number of H-pyrrole nitrogens is 1. The minimum Gasteiger partial charge on any atom is -0.259 e. The Morgan fingerprint density at radius 3 is 2.58 bits per heavy atom. The van der Waals surface area contributed by atoms with Crippen molar-refractivity contribution in [2.24, 2.45) is 0 Å². The van der Waals surface area contributed by atoms with E-state index >= 15 is 0 Å². The molecule has 0 atom stereocenters. The summed E-state index contributed by atoms with van der Waals surface area (Å²) < 4.78 is 0.885. The van der Waals surface area contributed by atoms with Gasteiger partial charge in [0, 0.05) is 20.6 Å². The van der Waals surface area contributed by atoms with Gasteiger partial charge >= 0.3 is 0 Å². The van der Waals surface area contributed by atoms with E-state index in [1.165, 1.54) is 0 Å². The van der Waals surface area contributed by atoms with E-state index in [0.29, 0.717) is 16.7 Å². The zero-order valence-corrected chi connectivity index (χ0v) is 12.1. The summed E-state index contributed by atoms with van der Waals surface area (Å²) in [6.45, 7) is 0. The number of nitrogens with one attached hydrogen (secondary N) is 1. The van der Waals surface area contributed by atoms with Gasteiger partial charge in [-0.25, -0.2) is 4.98 Å². The van der Waals surface area contributed by atoms with Crippen molar-refractivity contribution in [3.8, 4) is 22.8 Å². The molecular formula is C14H9BrClN3. The van der Waals surface area contributed by atoms with Crippen molar-refractivity contribution >= 4 is 27.5 Å². The molecule has 0 bridgehead atoms. The molecule has 0 aliphatic heterocycles. The molecule has 1 N–H and O–H groups in total. The first-order valence-corrected chi connectivity index (χ1v) is 6.84. The van der Waals surface area contributed by atoms with E-state index in [0.717, 1.165) is 15.6 Å². The first kappa shape index (κ1) is 12.4. The molecule has 19 heavy (non-hydrogen) atoms. The van der Waals surface area contributed by atoms with Gasteiger partial charge in [-0.1, -0.05) is 41.9 Å². The third-order valence-corrected chi connectivity index (χ3v) is 3.59. The van der Waals surface area contributed by atoms with Crippen LogP contribution in [0.15, 0.2) is 53.0 Å². The molecule has 0 aliphatic carbocycles. The number of hydrogen-bond acceptors (Lipinski definition) is 2. The predicted molar refractivity (Wildman–Crippen MR) is 80.0 cm³/mol. The van der Waals surface area contributed by atoms with E-state index in [1.54, 1.807) is 0 Å². The standard InChI is InChI=1S/C14H9BrClN3/c15-12-8-10(16)6-7-11(12)14-17-13(18-19-14)9-4-2-1-3-5-9/h1-8H,(H,17,18,19). The van der Waals surface area contributed by atoms with Crippen LogP contribution in [0.2, 0.25) is 5.02 Å². The Morgan fingerprint density at radius 1 is 1.05 bits per heavy atom. The Bertz CT molecular complexity index is 710. The molecule has 1 heterocycles. The van der Waals surface area contributed by atoms with Crippen molar-refractivity contribution in [3.05, 3.63) is 58.0 Å². The summed E-state index contributed by atoms with van der Waals surface area (Å²) in [4.78, 5) is 4.50. The van der Waals surface area contributed by atoms with Crippen LogP contribution in [0.5, 0.6) is 0 Å². The summed E-state index contributed by atoms with van der Waals surface area (Å²) in [5.74, 6) is 1.39. The lowest BCUT2D eigenvalue weighted by Gasteiger charge is -2.00. The quantitative estimate of drug-likeness (QED) is 0.746. The van der Waals surface area contributed by atoms with Crippen molar-refractivity contribution in [2.45, 2.75) is 0 Å². The molecule has 0 unspecified atom stereocenters. The van der Waals surface area contributed by atoms with E-state index in [-0.39, 0.29) is 0 Å². The van der Waals surface area contributed by atoms with Crippen molar-refractivity contribution in [3.63, 3.8) is 0 Å². The summed E-state index contributed by atoms with van der Waals surface area (Å²) >= 11 is 9.41. The molecule has 3 aromatic rings. The van der Waals surface area contributed by atoms with E-state index in [1.807, 2.05) is 48.5 Å². The Hall–Kier alpha value is -1.65. The Labute approximate surface area is 123 Å². The molecule has 5 heteroatoms. The molecule has 0 spiro atoms. The molecular weight excluding hydrogens is 326 g/mol. The van der Waals surface area contributed by atoms with Gasteiger partial charge in [-0.05, 0) is 34.1 Å². The van der Waals surface area contributed by atoms with Crippen molar-refractivity contribution in [1.82, 2.24) is 15.2 Å². The van der Waals surface area contributed by atoms with Crippen LogP contribution in [0.25, 0.3) is 22.8 Å². The van der Waals surface area contributed by atoms with E-state index in [4.69, 9.17) is 11.6 Å². The number of halogens is 2. The molecule has 3 nitrogen and oxygen atoms in total. The van der Waals surface area contributed by atoms with E-state index < -0.39 is 0 Å². The van der Waals surface area contributed by atoms with Gasteiger partial charge in [0.25, 0.3) is 0 Å². The fourth-order valence-corrected chi connectivity index (χ4v) is 2.65. The molecule has 94 valence electrons. The first-order valence-electron chi connectivity index (χ1n) is 5.67. The van der Waals surface area contributed by atoms with Gasteiger partial charge in [-0.15, -0.1) is 0 Å². The number of hydrogen-bond donors (Lipinski definition) is 1. The average molecular weight is 335 g/mol. The lowest BCUT2D eigenvalue weighted by Crippen LogP contribution is -1.83. The third-order valence-electron chi connectivity index (χ3n) is 2.70. The second-order valence-electron chi connectivity index (χ2n) is 4.00. The first-order chi connectivity index (χ1) is 9.24. The number of benzene rings is 2. The van der Waals surface area contributed by atoms with Gasteiger partial charge in [-0.3, -0.25) is 5.10 Å². The van der Waals surface area contributed by atoms with Gasteiger partial charge in [0.1, 0.15) is 0 Å². The van der Waals surface area contributed by atoms with Gasteiger partial charge in [0.2, 0.25) is 0 Å². The van der Waals surface area contributed by atoms with Crippen LogP contribution in [0.3, 0.4) is 0 Å². The Balaban J connectivity index is 2.02. The lowest BCUT2D eigenvalue weighted by atomic mass is 10.2. The summed E-state index contributed by atoms with van der Waals surface area (Å²) in [7, 11) is 0. The zero-order chi connectivity index (χ0) is 13.2. The maximum atomic E-state index is 5.93. The van der Waals surface area contributed by atoms with Crippen LogP contribution in [-0.2, 0) is 0 Å². The van der Waals surface area contributed by atoms with Crippen molar-refractivity contribution in [2.75, 3.05) is 0 Å². The number of aromatic nitrogens is 3. The van der Waals surface area contributed by atoms with Crippen LogP contribution in [-0.4, -0.2) is 15.2 Å². The third kappa shape index (κ3) is 2.55. The Morgan fingerprint density at radius 2 is 1.84 bits per heavy atom. The predicted octanol–water partition coefficient (Wildman–Crippen LogP) is 4.55. The molecule has 0 radical (unpaired) electrons. The van der Waals surface area contributed by atoms with E-state index in [9.17, 15) is 0 Å². The normalized spacial score (nSPS) is 10.6. The van der Waals surface area contributed by atoms with Crippen LogP contribution >= 0.6 is 27.5 Å². The lowest BCUT2D eigenvalue weighted by molar-refractivity contribution is 1.10. The summed E-state index contributed by atoms with van der Waals surface area (Å²) in [6, 6.07) is 15.4. The van der Waals surface area contributed by atoms with Gasteiger partial charge in [-0.2, -0.15) is 5.10 Å². The number of nitrogens with zero attached hydrogens (tertiary/aromatic N) is 2. The Kier molecular flexibility index (Phi) is 3.36. The average Bonchev–Trinajstić information content (AvgIpc) is 2.89. The van der Waals surface area contributed by atoms with Crippen LogP contribution in [0.4, 0.5) is 0 Å². The molecule has 0 aliphatic rings. The highest BCUT2D eigenvalue weighted by atomic mass is 79.9. The van der Waals surface area contributed by atoms with E-state index in [2.05, 4.69) is 31.1 Å². The molecule has 0 saturated heterocycles. The minimum atomic E-state index is 0.678. The highest BCUT2D eigenvalue weighted by Crippen LogP contribution is 2.29. The highest BCUT2D eigenvalue weighted by molar-refractivity contribution is 9.10. The monoisotopic (exact) mass is 333 g/mol. The van der Waals surface area contributed by atoms with Crippen molar-refractivity contribution in [1.29, 1.82) is 0 Å². The topological polar surface area (TPSA) is 41.6 Å². The molecule has 0 saturated carbocycles. The smallest absolute Gasteiger partial charge is 0.181 e. The largest absolute Gasteiger partial charge is 0.259 e. The van der Waals surface area contributed by atoms with Gasteiger partial charge in [0.15, 0.2) is 11.6 Å². The van der Waals surface area contributed by atoms with Crippen molar-refractivity contribution < 1.29 is 0 Å². The molecule has 0 amide bonds. The fraction of sp³-hybridized carbons (Fsp3) is 0. The zero-order valence-electron chi connectivity index (χ0n) is 9.77. The maximum absolute atomic E-state index is 5.93. The number of aromatic amines is 1. The van der Waals surface area contributed by atoms with Gasteiger partial charge in [0.05, 0.1) is 0 Å². The second kappa shape index (κ2) is 5.15. The van der Waals surface area contributed by atoms with Crippen LogP contribution < -0.4 is 0 Å². The summed E-state index contributed by atoms with van der Waals surface area (Å²) in [6.07, 6.45) is 0. The van der Waals surface area contributed by atoms with Crippen LogP contribution in [0.1, 0.15) is 0 Å². The molecule has 1 aromatic heterocycles. The summed E-state index contributed by atoms with van der Waals surface area (Å²) in [5, 5.41) is 7.86. The molecule has 3 rings (SSSR count). The molecule has 0 fully saturated rings. The maximum Gasteiger partial charge on any atom is 0.181 e. The second-order valence-corrected chi connectivity index (χ2v) is 5.29. The summed E-state index contributed by atoms with van der Waals surface area (Å²) in [5.41, 5.74) is 1.91. The van der Waals surface area contributed by atoms with Gasteiger partial charge < -0.3 is 0 Å². The fourth-order valence-electron chi connectivity index (χ4n) is 1.78. The number of rotatable bonds is 2.